The van der Waals surface area contributed by atoms with Crippen molar-refractivity contribution >= 4 is 11.6 Å². The number of carbonyl (C=O) groups is 1. The number of likely N-dealkylation sites (N-methyl/N-ethyl adjacent to an activating group) is 1. The fourth-order valence-electron chi connectivity index (χ4n) is 3.83. The summed E-state index contributed by atoms with van der Waals surface area (Å²) >= 11 is 0. The lowest BCUT2D eigenvalue weighted by Gasteiger charge is -2.23. The van der Waals surface area contributed by atoms with Gasteiger partial charge in [0.1, 0.15) is 23.9 Å². The molecule has 0 saturated carbocycles. The molecule has 0 aliphatic heterocycles. The highest BCUT2D eigenvalue weighted by Gasteiger charge is 2.25. The first kappa shape index (κ1) is 24.1. The first-order valence-corrected chi connectivity index (χ1v) is 11.4. The molecule has 0 bridgehead atoms. The minimum Gasteiger partial charge on any atom is -0.491 e. The van der Waals surface area contributed by atoms with Crippen LogP contribution in [-0.2, 0) is 17.6 Å². The highest BCUT2D eigenvalue weighted by atomic mass is 16.5. The molecule has 174 valence electrons. The van der Waals surface area contributed by atoms with E-state index in [4.69, 9.17) is 14.7 Å². The minimum absolute atomic E-state index is 0.0375. The predicted octanol–water partition coefficient (Wildman–Crippen LogP) is 3.86. The van der Waals surface area contributed by atoms with E-state index in [0.29, 0.717) is 30.2 Å². The van der Waals surface area contributed by atoms with Crippen LogP contribution in [0.3, 0.4) is 0 Å². The van der Waals surface area contributed by atoms with Gasteiger partial charge in [-0.05, 0) is 36.7 Å². The van der Waals surface area contributed by atoms with Crippen LogP contribution in [-0.4, -0.2) is 52.1 Å². The summed E-state index contributed by atoms with van der Waals surface area (Å²) in [6.45, 7) is 10.7. The van der Waals surface area contributed by atoms with Gasteiger partial charge in [-0.2, -0.15) is 0 Å². The van der Waals surface area contributed by atoms with Crippen molar-refractivity contribution < 1.29 is 14.6 Å². The molecule has 0 spiro atoms. The monoisotopic (exact) mass is 440 g/mol. The molecule has 0 fully saturated rings. The summed E-state index contributed by atoms with van der Waals surface area (Å²) in [5, 5.41) is 10.0. The van der Waals surface area contributed by atoms with Crippen LogP contribution >= 0.6 is 0 Å². The highest BCUT2D eigenvalue weighted by Crippen LogP contribution is 2.31. The molecule has 7 nitrogen and oxygen atoms in total. The molecule has 1 aliphatic rings. The molecule has 2 aromatic heterocycles. The van der Waals surface area contributed by atoms with E-state index in [1.54, 1.807) is 18.3 Å². The van der Waals surface area contributed by atoms with Gasteiger partial charge in [0.2, 0.25) is 0 Å². The second kappa shape index (κ2) is 9.94. The Balaban J connectivity index is 1.85. The van der Waals surface area contributed by atoms with Crippen LogP contribution in [0.5, 0.6) is 5.75 Å². The molecule has 1 aliphatic carbocycles. The number of carbonyl (C=O) groups excluding carboxylic acids is 1. The molecule has 0 saturated heterocycles. The van der Waals surface area contributed by atoms with Crippen molar-refractivity contribution in [3.63, 3.8) is 0 Å². The van der Waals surface area contributed by atoms with Crippen molar-refractivity contribution in [2.45, 2.75) is 66.4 Å². The molecular weight excluding hydrogens is 404 g/mol. The third-order valence-corrected chi connectivity index (χ3v) is 5.56. The Bertz CT molecular complexity index is 953. The van der Waals surface area contributed by atoms with Crippen molar-refractivity contribution in [2.24, 2.45) is 11.3 Å². The molecule has 32 heavy (non-hydrogen) atoms. The Morgan fingerprint density at radius 1 is 1.25 bits per heavy atom. The summed E-state index contributed by atoms with van der Waals surface area (Å²) in [5.74, 6) is 2.28. The van der Waals surface area contributed by atoms with Crippen LogP contribution < -0.4 is 9.64 Å². The predicted molar refractivity (Wildman–Crippen MR) is 126 cm³/mol. The summed E-state index contributed by atoms with van der Waals surface area (Å²) in [6.07, 6.45) is 4.52. The van der Waals surface area contributed by atoms with Gasteiger partial charge in [-0.25, -0.2) is 9.97 Å². The van der Waals surface area contributed by atoms with Crippen LogP contribution in [0.15, 0.2) is 18.3 Å². The van der Waals surface area contributed by atoms with Crippen LogP contribution in [0.1, 0.15) is 58.7 Å². The van der Waals surface area contributed by atoms with E-state index < -0.39 is 6.10 Å². The molecule has 0 radical (unpaired) electrons. The topological polar surface area (TPSA) is 88.4 Å². The molecule has 0 aromatic carbocycles. The third kappa shape index (κ3) is 6.25. The van der Waals surface area contributed by atoms with Gasteiger partial charge in [0.05, 0.1) is 12.6 Å². The van der Waals surface area contributed by atoms with Gasteiger partial charge in [-0.15, -0.1) is 0 Å². The number of Topliss-reactive ketones (excluding diaryl/α,β-unsaturated/α-hetero) is 1. The van der Waals surface area contributed by atoms with Crippen molar-refractivity contribution in [3.8, 4) is 17.3 Å². The molecule has 2 heterocycles. The number of aromatic nitrogens is 3. The first-order chi connectivity index (χ1) is 15.0. The molecule has 3 rings (SSSR count). The second-order valence-electron chi connectivity index (χ2n) is 10.3. The number of anilines is 1. The Hall–Kier alpha value is -2.54. The maximum Gasteiger partial charge on any atom is 0.180 e. The van der Waals surface area contributed by atoms with E-state index in [9.17, 15) is 9.90 Å². The smallest absolute Gasteiger partial charge is 0.180 e. The van der Waals surface area contributed by atoms with Gasteiger partial charge in [-0.1, -0.05) is 34.6 Å². The number of aliphatic hydroxyl groups excluding tert-OH is 1. The Labute approximate surface area is 191 Å². The largest absolute Gasteiger partial charge is 0.491 e. The van der Waals surface area contributed by atoms with E-state index in [1.165, 1.54) is 0 Å². The fourth-order valence-corrected chi connectivity index (χ4v) is 3.83. The SMILES string of the molecule is CC(C)[C@@H](O)COc1ccnc(-c2nc3c(c(N(C)CC(=O)CC(C)(C)C)n2)CCC3)c1. The summed E-state index contributed by atoms with van der Waals surface area (Å²) < 4.78 is 5.76. The zero-order chi connectivity index (χ0) is 23.5. The molecule has 1 N–H and O–H groups in total. The Kier molecular flexibility index (Phi) is 7.49. The highest BCUT2D eigenvalue weighted by molar-refractivity contribution is 5.84. The van der Waals surface area contributed by atoms with Crippen LogP contribution in [0.25, 0.3) is 11.5 Å². The number of nitrogens with zero attached hydrogens (tertiary/aromatic N) is 4. The average molecular weight is 441 g/mol. The third-order valence-electron chi connectivity index (χ3n) is 5.56. The maximum atomic E-state index is 12.6. The van der Waals surface area contributed by atoms with Crippen LogP contribution in [0, 0.1) is 11.3 Å². The van der Waals surface area contributed by atoms with E-state index >= 15 is 0 Å². The lowest BCUT2D eigenvalue weighted by molar-refractivity contribution is -0.119. The second-order valence-corrected chi connectivity index (χ2v) is 10.3. The summed E-state index contributed by atoms with van der Waals surface area (Å²) in [5.41, 5.74) is 2.74. The lowest BCUT2D eigenvalue weighted by atomic mass is 9.90. The molecule has 0 unspecified atom stereocenters. The normalized spacial score (nSPS) is 14.4. The average Bonchev–Trinajstić information content (AvgIpc) is 3.18. The molecule has 0 amide bonds. The van der Waals surface area contributed by atoms with E-state index in [0.717, 1.165) is 36.3 Å². The van der Waals surface area contributed by atoms with E-state index in [1.807, 2.05) is 25.8 Å². The van der Waals surface area contributed by atoms with Gasteiger partial charge in [0.15, 0.2) is 11.6 Å². The van der Waals surface area contributed by atoms with E-state index in [-0.39, 0.29) is 23.7 Å². The molecule has 2 aromatic rings. The lowest BCUT2D eigenvalue weighted by Crippen LogP contribution is -2.30. The zero-order valence-corrected chi connectivity index (χ0v) is 20.2. The minimum atomic E-state index is -0.534. The number of hydrogen-bond donors (Lipinski definition) is 1. The van der Waals surface area contributed by atoms with Crippen molar-refractivity contribution in [2.75, 3.05) is 25.1 Å². The molecule has 1 atom stereocenters. The standard InChI is InChI=1S/C25H36N4O3/c1-16(2)22(31)15-32-18-10-11-26-21(12-18)23-27-20-9-7-8-19(20)24(28-23)29(6)14-17(30)13-25(3,4)5/h10-12,16,22,31H,7-9,13-15H2,1-6H3/t22-/m0/s1. The maximum absolute atomic E-state index is 12.6. The zero-order valence-electron chi connectivity index (χ0n) is 20.2. The number of aliphatic hydroxyl groups is 1. The summed E-state index contributed by atoms with van der Waals surface area (Å²) in [4.78, 5) is 28.6. The van der Waals surface area contributed by atoms with Crippen molar-refractivity contribution in [1.82, 2.24) is 15.0 Å². The quantitative estimate of drug-likeness (QED) is 0.633. The Morgan fingerprint density at radius 2 is 2.00 bits per heavy atom. The van der Waals surface area contributed by atoms with Gasteiger partial charge < -0.3 is 14.7 Å². The summed E-state index contributed by atoms with van der Waals surface area (Å²) in [7, 11) is 1.92. The van der Waals surface area contributed by atoms with Gasteiger partial charge in [-0.3, -0.25) is 9.78 Å². The van der Waals surface area contributed by atoms with Gasteiger partial charge >= 0.3 is 0 Å². The number of pyridine rings is 1. The van der Waals surface area contributed by atoms with Crippen molar-refractivity contribution in [3.05, 3.63) is 29.6 Å². The molecular formula is C25H36N4O3. The van der Waals surface area contributed by atoms with Gasteiger partial charge in [0, 0.05) is 37.0 Å². The number of aryl methyl sites for hydroxylation is 1. The summed E-state index contributed by atoms with van der Waals surface area (Å²) in [6, 6.07) is 3.57. The Morgan fingerprint density at radius 3 is 2.69 bits per heavy atom. The number of rotatable bonds is 9. The number of hydrogen-bond acceptors (Lipinski definition) is 7. The number of ketones is 1. The van der Waals surface area contributed by atoms with Gasteiger partial charge in [0.25, 0.3) is 0 Å². The molecule has 7 heteroatoms. The van der Waals surface area contributed by atoms with E-state index in [2.05, 4.69) is 25.8 Å². The van der Waals surface area contributed by atoms with Crippen LogP contribution in [0.2, 0.25) is 0 Å². The fraction of sp³-hybridized carbons (Fsp3) is 0.600. The van der Waals surface area contributed by atoms with Crippen LogP contribution in [0.4, 0.5) is 5.82 Å². The number of fused-ring (bicyclic) bond motifs is 1. The number of ether oxygens (including phenoxy) is 1. The van der Waals surface area contributed by atoms with Crippen molar-refractivity contribution in [1.29, 1.82) is 0 Å². The first-order valence-electron chi connectivity index (χ1n) is 11.4.